The molecule has 0 spiro atoms. The number of carbonyl (C=O) groups is 1. The number of hydrogen-bond donors (Lipinski definition) is 2. The van der Waals surface area contributed by atoms with Gasteiger partial charge in [0.15, 0.2) is 0 Å². The topological polar surface area (TPSA) is 54.0 Å². The summed E-state index contributed by atoms with van der Waals surface area (Å²) in [6.45, 7) is 5.57. The highest BCUT2D eigenvalue weighted by molar-refractivity contribution is 7.11. The number of aromatic nitrogens is 1. The fourth-order valence-electron chi connectivity index (χ4n) is 1.79. The summed E-state index contributed by atoms with van der Waals surface area (Å²) in [6.07, 6.45) is 5.67. The second-order valence-electron chi connectivity index (χ2n) is 5.08. The van der Waals surface area contributed by atoms with Gasteiger partial charge < -0.3 is 10.6 Å². The maximum Gasteiger partial charge on any atom is 0.314 e. The Morgan fingerprint density at radius 2 is 2.33 bits per heavy atom. The number of thiazole rings is 1. The fraction of sp³-hybridized carbons (Fsp3) is 0.692. The molecule has 1 aliphatic carbocycles. The van der Waals surface area contributed by atoms with Crippen molar-refractivity contribution < 1.29 is 4.79 Å². The van der Waals surface area contributed by atoms with Crippen molar-refractivity contribution in [1.82, 2.24) is 15.6 Å². The first kappa shape index (κ1) is 13.3. The van der Waals surface area contributed by atoms with Crippen LogP contribution in [0.4, 0.5) is 4.79 Å². The molecule has 18 heavy (non-hydrogen) atoms. The van der Waals surface area contributed by atoms with Crippen LogP contribution in [-0.4, -0.2) is 24.1 Å². The second kappa shape index (κ2) is 6.18. The summed E-state index contributed by atoms with van der Waals surface area (Å²) in [5.41, 5.74) is 0. The molecule has 0 aromatic carbocycles. The Balaban J connectivity index is 1.62. The Labute approximate surface area is 112 Å². The number of urea groups is 1. The molecule has 100 valence electrons. The Morgan fingerprint density at radius 1 is 1.56 bits per heavy atom. The van der Waals surface area contributed by atoms with Gasteiger partial charge in [-0.05, 0) is 19.3 Å². The number of rotatable bonds is 6. The maximum absolute atomic E-state index is 11.5. The van der Waals surface area contributed by atoms with Crippen molar-refractivity contribution in [3.63, 3.8) is 0 Å². The molecule has 1 fully saturated rings. The highest BCUT2D eigenvalue weighted by atomic mass is 32.1. The molecule has 1 aliphatic rings. The van der Waals surface area contributed by atoms with Crippen LogP contribution < -0.4 is 10.6 Å². The molecule has 0 radical (unpaired) electrons. The molecule has 2 rings (SSSR count). The smallest absolute Gasteiger partial charge is 0.314 e. The molecule has 1 heterocycles. The van der Waals surface area contributed by atoms with Crippen molar-refractivity contribution in [1.29, 1.82) is 0 Å². The average molecular weight is 267 g/mol. The van der Waals surface area contributed by atoms with Crippen LogP contribution in [0.15, 0.2) is 6.20 Å². The zero-order chi connectivity index (χ0) is 13.0. The van der Waals surface area contributed by atoms with Crippen molar-refractivity contribution in [2.24, 2.45) is 5.92 Å². The number of hydrogen-bond acceptors (Lipinski definition) is 3. The van der Waals surface area contributed by atoms with Gasteiger partial charge in [-0.2, -0.15) is 0 Å². The first-order valence-electron chi connectivity index (χ1n) is 6.59. The molecular weight excluding hydrogens is 246 g/mol. The van der Waals surface area contributed by atoms with Gasteiger partial charge in [0, 0.05) is 30.1 Å². The highest BCUT2D eigenvalue weighted by Crippen LogP contribution is 2.31. The lowest BCUT2D eigenvalue weighted by Crippen LogP contribution is -2.37. The summed E-state index contributed by atoms with van der Waals surface area (Å²) in [5, 5.41) is 6.89. The molecule has 2 N–H and O–H groups in total. The summed E-state index contributed by atoms with van der Waals surface area (Å²) in [4.78, 5) is 17.1. The van der Waals surface area contributed by atoms with Crippen LogP contribution in [0, 0.1) is 12.8 Å². The quantitative estimate of drug-likeness (QED) is 0.832. The van der Waals surface area contributed by atoms with Crippen molar-refractivity contribution in [3.8, 4) is 0 Å². The highest BCUT2D eigenvalue weighted by Gasteiger charge is 2.20. The van der Waals surface area contributed by atoms with Gasteiger partial charge in [0.1, 0.15) is 0 Å². The molecule has 1 saturated carbocycles. The molecule has 0 aliphatic heterocycles. The fourth-order valence-corrected chi connectivity index (χ4v) is 2.62. The first-order chi connectivity index (χ1) is 8.65. The van der Waals surface area contributed by atoms with Crippen LogP contribution in [0.25, 0.3) is 0 Å². The summed E-state index contributed by atoms with van der Waals surface area (Å²) < 4.78 is 0. The monoisotopic (exact) mass is 267 g/mol. The van der Waals surface area contributed by atoms with Gasteiger partial charge in [0.05, 0.1) is 5.01 Å². The largest absolute Gasteiger partial charge is 0.338 e. The van der Waals surface area contributed by atoms with Gasteiger partial charge in [-0.3, -0.25) is 0 Å². The standard InChI is InChI=1S/C13H21N3OS/c1-9(12-15-8-10(2)18-12)7-16-13(17)14-6-5-11-3-4-11/h8-9,11H,3-7H2,1-2H3,(H2,14,16,17)/t9-/m0/s1. The van der Waals surface area contributed by atoms with E-state index in [2.05, 4.69) is 22.5 Å². The van der Waals surface area contributed by atoms with Gasteiger partial charge in [0.25, 0.3) is 0 Å². The lowest BCUT2D eigenvalue weighted by molar-refractivity contribution is 0.240. The van der Waals surface area contributed by atoms with Gasteiger partial charge in [0.2, 0.25) is 0 Å². The van der Waals surface area contributed by atoms with E-state index in [4.69, 9.17) is 0 Å². The lowest BCUT2D eigenvalue weighted by Gasteiger charge is -2.11. The first-order valence-corrected chi connectivity index (χ1v) is 7.41. The summed E-state index contributed by atoms with van der Waals surface area (Å²) >= 11 is 1.69. The molecule has 1 atom stereocenters. The molecule has 0 unspecified atom stereocenters. The van der Waals surface area contributed by atoms with Gasteiger partial charge in [-0.1, -0.05) is 19.8 Å². The van der Waals surface area contributed by atoms with E-state index in [0.29, 0.717) is 6.54 Å². The SMILES string of the molecule is Cc1cnc([C@@H](C)CNC(=O)NCCC2CC2)s1. The van der Waals surface area contributed by atoms with E-state index in [1.807, 2.05) is 13.1 Å². The summed E-state index contributed by atoms with van der Waals surface area (Å²) in [6, 6.07) is -0.0595. The number of amides is 2. The number of nitrogens with zero attached hydrogens (tertiary/aromatic N) is 1. The van der Waals surface area contributed by atoms with Gasteiger partial charge in [-0.25, -0.2) is 9.78 Å². The molecule has 5 heteroatoms. The zero-order valence-corrected chi connectivity index (χ0v) is 11.8. The number of aryl methyl sites for hydroxylation is 1. The predicted octanol–water partition coefficient (Wildman–Crippen LogP) is 2.65. The van der Waals surface area contributed by atoms with Crippen molar-refractivity contribution in [3.05, 3.63) is 16.1 Å². The molecular formula is C13H21N3OS. The van der Waals surface area contributed by atoms with Crippen LogP contribution in [0.2, 0.25) is 0 Å². The van der Waals surface area contributed by atoms with Crippen molar-refractivity contribution in [2.75, 3.05) is 13.1 Å². The molecule has 4 nitrogen and oxygen atoms in total. The third-order valence-electron chi connectivity index (χ3n) is 3.16. The van der Waals surface area contributed by atoms with Crippen LogP contribution in [0.3, 0.4) is 0 Å². The molecule has 2 amide bonds. The van der Waals surface area contributed by atoms with Crippen LogP contribution in [0.1, 0.15) is 42.0 Å². The molecule has 1 aromatic rings. The molecule has 1 aromatic heterocycles. The third-order valence-corrected chi connectivity index (χ3v) is 4.31. The van der Waals surface area contributed by atoms with E-state index in [9.17, 15) is 4.79 Å². The van der Waals surface area contributed by atoms with E-state index in [-0.39, 0.29) is 11.9 Å². The zero-order valence-electron chi connectivity index (χ0n) is 11.0. The minimum atomic E-state index is -0.0595. The van der Waals surface area contributed by atoms with E-state index in [1.54, 1.807) is 11.3 Å². The number of nitrogens with one attached hydrogen (secondary N) is 2. The summed E-state index contributed by atoms with van der Waals surface area (Å²) in [7, 11) is 0. The van der Waals surface area contributed by atoms with Crippen LogP contribution >= 0.6 is 11.3 Å². The Hall–Kier alpha value is -1.10. The maximum atomic E-state index is 11.5. The molecule has 0 bridgehead atoms. The second-order valence-corrected chi connectivity index (χ2v) is 6.35. The van der Waals surface area contributed by atoms with E-state index >= 15 is 0 Å². The third kappa shape index (κ3) is 4.29. The van der Waals surface area contributed by atoms with Crippen molar-refractivity contribution in [2.45, 2.75) is 39.0 Å². The van der Waals surface area contributed by atoms with Crippen LogP contribution in [0.5, 0.6) is 0 Å². The van der Waals surface area contributed by atoms with Gasteiger partial charge >= 0.3 is 6.03 Å². The lowest BCUT2D eigenvalue weighted by atomic mass is 10.2. The number of carbonyl (C=O) groups excluding carboxylic acids is 1. The normalized spacial score (nSPS) is 16.3. The van der Waals surface area contributed by atoms with E-state index < -0.39 is 0 Å². The Morgan fingerprint density at radius 3 is 2.94 bits per heavy atom. The Kier molecular flexibility index (Phi) is 4.58. The van der Waals surface area contributed by atoms with E-state index in [1.165, 1.54) is 17.7 Å². The molecule has 0 saturated heterocycles. The minimum absolute atomic E-state index is 0.0595. The predicted molar refractivity (Wildman–Crippen MR) is 74.0 cm³/mol. The van der Waals surface area contributed by atoms with Crippen LogP contribution in [-0.2, 0) is 0 Å². The van der Waals surface area contributed by atoms with E-state index in [0.717, 1.165) is 23.9 Å². The average Bonchev–Trinajstić information content (AvgIpc) is 3.06. The van der Waals surface area contributed by atoms with Crippen molar-refractivity contribution >= 4 is 17.4 Å². The Bertz CT molecular complexity index is 401. The summed E-state index contributed by atoms with van der Waals surface area (Å²) in [5.74, 6) is 1.14. The minimum Gasteiger partial charge on any atom is -0.338 e. The van der Waals surface area contributed by atoms with Gasteiger partial charge in [-0.15, -0.1) is 11.3 Å².